The maximum atomic E-state index is 14.7. The van der Waals surface area contributed by atoms with Crippen LogP contribution in [0.5, 0.6) is 5.75 Å². The fourth-order valence-corrected chi connectivity index (χ4v) is 9.16. The van der Waals surface area contributed by atoms with E-state index in [1.165, 1.54) is 7.11 Å². The number of ether oxygens (including phenoxy) is 3. The Morgan fingerprint density at radius 3 is 2.30 bits per heavy atom. The number of amides is 3. The Hall–Kier alpha value is -6.31. The fraction of sp³-hybridized carbons (Fsp3) is 0.471. The standard InChI is InChI=1S/C51H61N7O6/c1-12-30(7)57(49(60)45(56-50(61)62-11)51(15-4)20-22-63-23-21-51)32(9)46-52-27-42(54-46)35-16-18-38-36(24-35)28-64-43-26-39-34(25-40(38)43)17-19-41-44(39)55-47(53-41)33(10)58(37(13-2)14-3)48(59)31(8)29(5)6/h2,4,16-19,24-27,29-33,37,45H,12,14,20-23,28H2,1,3,5-11H3,(H,52,54)(H,53,55)(H,56,61). The zero-order valence-electron chi connectivity index (χ0n) is 38.5. The maximum Gasteiger partial charge on any atom is 0.407 e. The van der Waals surface area contributed by atoms with E-state index in [1.54, 1.807) is 11.1 Å². The summed E-state index contributed by atoms with van der Waals surface area (Å²) in [7, 11) is 1.27. The Labute approximate surface area is 376 Å². The van der Waals surface area contributed by atoms with Crippen LogP contribution >= 0.6 is 0 Å². The van der Waals surface area contributed by atoms with Crippen LogP contribution in [0.1, 0.15) is 110 Å². The Morgan fingerprint density at radius 1 is 0.906 bits per heavy atom. The minimum Gasteiger partial charge on any atom is -0.488 e. The fourth-order valence-electron chi connectivity index (χ4n) is 9.16. The molecule has 6 unspecified atom stereocenters. The largest absolute Gasteiger partial charge is 0.488 e. The number of hydrogen-bond donors (Lipinski definition) is 3. The molecule has 0 saturated carbocycles. The van der Waals surface area contributed by atoms with Gasteiger partial charge in [-0.05, 0) is 98.7 Å². The summed E-state index contributed by atoms with van der Waals surface area (Å²) in [4.78, 5) is 61.6. The second-order valence-electron chi connectivity index (χ2n) is 17.7. The molecule has 2 aliphatic rings. The number of aromatic nitrogens is 4. The number of aromatic amines is 2. The maximum absolute atomic E-state index is 14.7. The lowest BCUT2D eigenvalue weighted by Gasteiger charge is -2.43. The molecule has 5 aromatic rings. The molecule has 13 heteroatoms. The van der Waals surface area contributed by atoms with Gasteiger partial charge in [0.05, 0.1) is 53.6 Å². The van der Waals surface area contributed by atoms with Crippen LogP contribution in [0.25, 0.3) is 44.2 Å². The molecule has 0 aliphatic carbocycles. The van der Waals surface area contributed by atoms with Gasteiger partial charge >= 0.3 is 6.09 Å². The Balaban J connectivity index is 1.16. The van der Waals surface area contributed by atoms with Crippen LogP contribution in [0.4, 0.5) is 4.79 Å². The molecule has 3 aromatic carbocycles. The molecule has 64 heavy (non-hydrogen) atoms. The lowest BCUT2D eigenvalue weighted by molar-refractivity contribution is -0.142. The van der Waals surface area contributed by atoms with Crippen LogP contribution in [0, 0.1) is 41.9 Å². The number of nitrogens with zero attached hydrogens (tertiary/aromatic N) is 4. The number of carbonyl (C=O) groups excluding carboxylic acids is 3. The van der Waals surface area contributed by atoms with E-state index in [2.05, 4.69) is 77.4 Å². The quantitative estimate of drug-likeness (QED) is 0.0935. The van der Waals surface area contributed by atoms with Crippen LogP contribution in [0.2, 0.25) is 0 Å². The number of terminal acetylenes is 2. The molecule has 6 atom stereocenters. The summed E-state index contributed by atoms with van der Waals surface area (Å²) < 4.78 is 17.0. The smallest absolute Gasteiger partial charge is 0.407 e. The number of rotatable bonds is 14. The summed E-state index contributed by atoms with van der Waals surface area (Å²) in [6.07, 6.45) is 15.3. The Kier molecular flexibility index (Phi) is 13.4. The van der Waals surface area contributed by atoms with Crippen molar-refractivity contribution in [1.29, 1.82) is 0 Å². The number of alkyl carbamates (subject to hydrolysis) is 1. The van der Waals surface area contributed by atoms with E-state index in [-0.39, 0.29) is 41.8 Å². The molecular formula is C51H61N7O6. The van der Waals surface area contributed by atoms with Gasteiger partial charge in [-0.25, -0.2) is 14.8 Å². The Morgan fingerprint density at radius 2 is 1.64 bits per heavy atom. The molecule has 4 heterocycles. The third-order valence-corrected chi connectivity index (χ3v) is 13.7. The number of benzene rings is 3. The van der Waals surface area contributed by atoms with Gasteiger partial charge in [-0.3, -0.25) is 9.59 Å². The van der Waals surface area contributed by atoms with Gasteiger partial charge < -0.3 is 39.3 Å². The van der Waals surface area contributed by atoms with Gasteiger partial charge in [0.1, 0.15) is 30.0 Å². The molecule has 336 valence electrons. The van der Waals surface area contributed by atoms with Crippen molar-refractivity contribution in [1.82, 2.24) is 35.1 Å². The molecule has 13 nitrogen and oxygen atoms in total. The van der Waals surface area contributed by atoms with Crippen molar-refractivity contribution < 1.29 is 28.6 Å². The average Bonchev–Trinajstić information content (AvgIpc) is 4.00. The number of carbonyl (C=O) groups is 3. The molecule has 0 radical (unpaired) electrons. The number of H-pyrrole nitrogens is 2. The predicted molar refractivity (Wildman–Crippen MR) is 249 cm³/mol. The van der Waals surface area contributed by atoms with Crippen LogP contribution < -0.4 is 10.1 Å². The second-order valence-corrected chi connectivity index (χ2v) is 17.7. The van der Waals surface area contributed by atoms with Gasteiger partial charge in [-0.15, -0.1) is 12.8 Å². The minimum absolute atomic E-state index is 0.0226. The third-order valence-electron chi connectivity index (χ3n) is 13.7. The van der Waals surface area contributed by atoms with Crippen LogP contribution in [-0.2, 0) is 25.7 Å². The molecular weight excluding hydrogens is 807 g/mol. The summed E-state index contributed by atoms with van der Waals surface area (Å²) in [6, 6.07) is 12.2. The molecule has 2 aromatic heterocycles. The van der Waals surface area contributed by atoms with Crippen molar-refractivity contribution in [3.8, 4) is 52.8 Å². The number of fused-ring (bicyclic) bond motifs is 6. The number of methoxy groups -OCH3 is 1. The summed E-state index contributed by atoms with van der Waals surface area (Å²) in [5.74, 6) is 7.45. The first-order valence-electron chi connectivity index (χ1n) is 22.5. The molecule has 3 N–H and O–H groups in total. The topological polar surface area (TPSA) is 155 Å². The van der Waals surface area contributed by atoms with Gasteiger partial charge in [-0.1, -0.05) is 64.7 Å². The second kappa shape index (κ2) is 18.8. The van der Waals surface area contributed by atoms with E-state index in [9.17, 15) is 14.4 Å². The molecule has 7 rings (SSSR count). The highest BCUT2D eigenvalue weighted by molar-refractivity contribution is 6.07. The van der Waals surface area contributed by atoms with E-state index >= 15 is 0 Å². The van der Waals surface area contributed by atoms with Gasteiger partial charge in [0.2, 0.25) is 11.8 Å². The van der Waals surface area contributed by atoms with E-state index in [0.717, 1.165) is 55.5 Å². The van der Waals surface area contributed by atoms with Crippen LogP contribution in [-0.4, -0.2) is 86.1 Å². The first-order valence-corrected chi connectivity index (χ1v) is 22.5. The van der Waals surface area contributed by atoms with E-state index in [4.69, 9.17) is 37.0 Å². The van der Waals surface area contributed by atoms with Crippen molar-refractivity contribution in [3.05, 3.63) is 65.9 Å². The monoisotopic (exact) mass is 867 g/mol. The SMILES string of the molecule is C#CC(CC)N(C(=O)C(C)C(C)C)C(C)c1nc2c(ccc3cc4c(cc32)OCc2cc(-c3cnc(C(C)N(C(=O)C(NC(=O)OC)C5(C#C)CCOCC5)C(C)CC)[nH]3)ccc2-4)[nH]1. The summed E-state index contributed by atoms with van der Waals surface area (Å²) >= 11 is 0. The molecule has 0 spiro atoms. The Bertz CT molecular complexity index is 2630. The first-order chi connectivity index (χ1) is 30.7. The normalized spacial score (nSPS) is 17.1. The summed E-state index contributed by atoms with van der Waals surface area (Å²) in [5.41, 5.74) is 5.51. The minimum atomic E-state index is -1.02. The summed E-state index contributed by atoms with van der Waals surface area (Å²) in [6.45, 7) is 17.1. The molecule has 1 fully saturated rings. The lowest BCUT2D eigenvalue weighted by Crippen LogP contribution is -2.60. The number of nitrogens with one attached hydrogen (secondary N) is 3. The predicted octanol–water partition coefficient (Wildman–Crippen LogP) is 9.10. The van der Waals surface area contributed by atoms with E-state index in [1.807, 2.05) is 52.5 Å². The van der Waals surface area contributed by atoms with Crippen LogP contribution in [0.15, 0.2) is 48.7 Å². The van der Waals surface area contributed by atoms with Gasteiger partial charge in [-0.2, -0.15) is 0 Å². The van der Waals surface area contributed by atoms with Crippen LogP contribution in [0.3, 0.4) is 0 Å². The average molecular weight is 868 g/mol. The molecule has 1 saturated heterocycles. The highest BCUT2D eigenvalue weighted by Crippen LogP contribution is 2.43. The third kappa shape index (κ3) is 8.42. The number of imidazole rings is 2. The van der Waals surface area contributed by atoms with Gasteiger partial charge in [0, 0.05) is 36.1 Å². The van der Waals surface area contributed by atoms with Crippen molar-refractivity contribution >= 4 is 39.7 Å². The van der Waals surface area contributed by atoms with Gasteiger partial charge in [0.15, 0.2) is 0 Å². The molecule has 2 aliphatic heterocycles. The summed E-state index contributed by atoms with van der Waals surface area (Å²) in [5, 5.41) is 4.74. The van der Waals surface area contributed by atoms with Crippen molar-refractivity contribution in [2.75, 3.05) is 20.3 Å². The van der Waals surface area contributed by atoms with E-state index in [0.29, 0.717) is 57.2 Å². The molecule has 0 bridgehead atoms. The van der Waals surface area contributed by atoms with Crippen molar-refractivity contribution in [3.63, 3.8) is 0 Å². The lowest BCUT2D eigenvalue weighted by atomic mass is 9.73. The highest BCUT2D eigenvalue weighted by atomic mass is 16.5. The van der Waals surface area contributed by atoms with Gasteiger partial charge in [0.25, 0.3) is 0 Å². The highest BCUT2D eigenvalue weighted by Gasteiger charge is 2.47. The van der Waals surface area contributed by atoms with E-state index < -0.39 is 23.6 Å². The zero-order valence-corrected chi connectivity index (χ0v) is 38.5. The zero-order chi connectivity index (χ0) is 46.0. The first kappa shape index (κ1) is 45.7. The molecule has 3 amide bonds. The number of hydrogen-bond acceptors (Lipinski definition) is 8. The van der Waals surface area contributed by atoms with Crippen molar-refractivity contribution in [2.45, 2.75) is 118 Å². The van der Waals surface area contributed by atoms with Crippen molar-refractivity contribution in [2.24, 2.45) is 17.3 Å².